The molecule has 3 nitrogen and oxygen atoms in total. The van der Waals surface area contributed by atoms with Gasteiger partial charge < -0.3 is 15.0 Å². The maximum atomic E-state index is 5.00. The van der Waals surface area contributed by atoms with Crippen LogP contribution in [0.2, 0.25) is 0 Å². The average molecular weight is 214 g/mol. The molecule has 1 atom stereocenters. The second kappa shape index (κ2) is 7.20. The lowest BCUT2D eigenvalue weighted by Gasteiger charge is -2.24. The molecule has 0 saturated heterocycles. The predicted octanol–water partition coefficient (Wildman–Crippen LogP) is 1.34. The number of methoxy groups -OCH3 is 1. The van der Waals surface area contributed by atoms with E-state index in [1.807, 2.05) is 0 Å². The smallest absolute Gasteiger partial charge is 0.0474 e. The Morgan fingerprint density at radius 1 is 1.40 bits per heavy atom. The van der Waals surface area contributed by atoms with Crippen LogP contribution in [0.4, 0.5) is 0 Å². The summed E-state index contributed by atoms with van der Waals surface area (Å²) in [6, 6.07) is 0.769. The molecule has 1 saturated carbocycles. The molecule has 1 rings (SSSR count). The lowest BCUT2D eigenvalue weighted by atomic mass is 10.2. The highest BCUT2D eigenvalue weighted by atomic mass is 16.5. The van der Waals surface area contributed by atoms with Crippen molar-refractivity contribution in [2.45, 2.75) is 32.2 Å². The normalized spacial score (nSPS) is 18.4. The van der Waals surface area contributed by atoms with Crippen molar-refractivity contribution in [1.29, 1.82) is 0 Å². The minimum atomic E-state index is 0.769. The molecule has 1 N–H and O–H groups in total. The minimum absolute atomic E-state index is 0.769. The van der Waals surface area contributed by atoms with Crippen LogP contribution in [0, 0.1) is 5.92 Å². The molecular weight excluding hydrogens is 188 g/mol. The standard InChI is InChI=1S/C12H26N2O/c1-11(12-5-6-12)14(2)9-8-13-7-4-10-15-3/h11-13H,4-10H2,1-3H3. The lowest BCUT2D eigenvalue weighted by Crippen LogP contribution is -2.36. The molecular formula is C12H26N2O. The molecule has 1 fully saturated rings. The quantitative estimate of drug-likeness (QED) is 0.586. The van der Waals surface area contributed by atoms with Gasteiger partial charge in [0.15, 0.2) is 0 Å². The fourth-order valence-corrected chi connectivity index (χ4v) is 1.86. The first-order valence-corrected chi connectivity index (χ1v) is 6.15. The first-order valence-electron chi connectivity index (χ1n) is 6.15. The third-order valence-corrected chi connectivity index (χ3v) is 3.34. The summed E-state index contributed by atoms with van der Waals surface area (Å²) in [5, 5.41) is 3.44. The zero-order chi connectivity index (χ0) is 11.1. The molecule has 0 spiro atoms. The van der Waals surface area contributed by atoms with E-state index in [0.29, 0.717) is 0 Å². The summed E-state index contributed by atoms with van der Waals surface area (Å²) in [5.74, 6) is 0.975. The van der Waals surface area contributed by atoms with E-state index in [-0.39, 0.29) is 0 Å². The van der Waals surface area contributed by atoms with Gasteiger partial charge in [0.05, 0.1) is 0 Å². The van der Waals surface area contributed by atoms with E-state index >= 15 is 0 Å². The van der Waals surface area contributed by atoms with Crippen LogP contribution in [0.1, 0.15) is 26.2 Å². The molecule has 0 aromatic carbocycles. The summed E-state index contributed by atoms with van der Waals surface area (Å²) < 4.78 is 5.00. The minimum Gasteiger partial charge on any atom is -0.385 e. The summed E-state index contributed by atoms with van der Waals surface area (Å²) in [5.41, 5.74) is 0. The number of nitrogens with zero attached hydrogens (tertiary/aromatic N) is 1. The van der Waals surface area contributed by atoms with Crippen molar-refractivity contribution in [3.05, 3.63) is 0 Å². The molecule has 1 unspecified atom stereocenters. The van der Waals surface area contributed by atoms with Gasteiger partial charge >= 0.3 is 0 Å². The van der Waals surface area contributed by atoms with Crippen molar-refractivity contribution < 1.29 is 4.74 Å². The van der Waals surface area contributed by atoms with Crippen molar-refractivity contribution in [3.63, 3.8) is 0 Å². The van der Waals surface area contributed by atoms with E-state index in [0.717, 1.165) is 44.6 Å². The van der Waals surface area contributed by atoms with Crippen LogP contribution in [0.3, 0.4) is 0 Å². The van der Waals surface area contributed by atoms with Gasteiger partial charge in [-0.2, -0.15) is 0 Å². The van der Waals surface area contributed by atoms with Gasteiger partial charge in [-0.15, -0.1) is 0 Å². The summed E-state index contributed by atoms with van der Waals surface area (Å²) in [6.07, 6.45) is 3.98. The number of rotatable bonds is 9. The van der Waals surface area contributed by atoms with Crippen molar-refractivity contribution in [2.75, 3.05) is 40.4 Å². The largest absolute Gasteiger partial charge is 0.385 e. The summed E-state index contributed by atoms with van der Waals surface area (Å²) >= 11 is 0. The van der Waals surface area contributed by atoms with E-state index in [4.69, 9.17) is 4.74 Å². The monoisotopic (exact) mass is 214 g/mol. The Bertz CT molecular complexity index is 160. The fourth-order valence-electron chi connectivity index (χ4n) is 1.86. The molecule has 3 heteroatoms. The molecule has 15 heavy (non-hydrogen) atoms. The van der Waals surface area contributed by atoms with Gasteiger partial charge in [0.2, 0.25) is 0 Å². The third-order valence-electron chi connectivity index (χ3n) is 3.34. The number of hydrogen-bond acceptors (Lipinski definition) is 3. The van der Waals surface area contributed by atoms with E-state index in [2.05, 4.69) is 24.2 Å². The van der Waals surface area contributed by atoms with Crippen LogP contribution in [0.5, 0.6) is 0 Å². The number of hydrogen-bond donors (Lipinski definition) is 1. The van der Waals surface area contributed by atoms with Crippen LogP contribution in [-0.4, -0.2) is 51.3 Å². The molecule has 1 aliphatic rings. The number of nitrogens with one attached hydrogen (secondary N) is 1. The second-order valence-corrected chi connectivity index (χ2v) is 4.65. The third kappa shape index (κ3) is 5.50. The first kappa shape index (κ1) is 12.9. The summed E-state index contributed by atoms with van der Waals surface area (Å²) in [4.78, 5) is 2.47. The van der Waals surface area contributed by atoms with Crippen LogP contribution in [-0.2, 0) is 4.74 Å². The van der Waals surface area contributed by atoms with Crippen LogP contribution < -0.4 is 5.32 Å². The molecule has 0 radical (unpaired) electrons. The average Bonchev–Trinajstić information content (AvgIpc) is 3.05. The Morgan fingerprint density at radius 3 is 2.73 bits per heavy atom. The molecule has 90 valence electrons. The van der Waals surface area contributed by atoms with Gasteiger partial charge in [-0.25, -0.2) is 0 Å². The van der Waals surface area contributed by atoms with Gasteiger partial charge in [0, 0.05) is 32.8 Å². The van der Waals surface area contributed by atoms with E-state index in [1.54, 1.807) is 7.11 Å². The number of ether oxygens (including phenoxy) is 1. The predicted molar refractivity (Wildman–Crippen MR) is 64.2 cm³/mol. The van der Waals surface area contributed by atoms with E-state index in [9.17, 15) is 0 Å². The SMILES string of the molecule is COCCCNCCN(C)C(C)C1CC1. The lowest BCUT2D eigenvalue weighted by molar-refractivity contribution is 0.192. The highest BCUT2D eigenvalue weighted by Crippen LogP contribution is 2.34. The second-order valence-electron chi connectivity index (χ2n) is 4.65. The zero-order valence-electron chi connectivity index (χ0n) is 10.5. The molecule has 0 aromatic heterocycles. The Kier molecular flexibility index (Phi) is 6.22. The maximum absolute atomic E-state index is 5.00. The van der Waals surface area contributed by atoms with Crippen LogP contribution in [0.25, 0.3) is 0 Å². The molecule has 0 bridgehead atoms. The first-order chi connectivity index (χ1) is 7.25. The molecule has 0 aromatic rings. The Labute approximate surface area is 94.2 Å². The molecule has 0 aliphatic heterocycles. The van der Waals surface area contributed by atoms with Crippen molar-refractivity contribution in [2.24, 2.45) is 5.92 Å². The van der Waals surface area contributed by atoms with Gasteiger partial charge in [-0.3, -0.25) is 0 Å². The summed E-state index contributed by atoms with van der Waals surface area (Å²) in [7, 11) is 3.99. The fraction of sp³-hybridized carbons (Fsp3) is 1.00. The topological polar surface area (TPSA) is 24.5 Å². The van der Waals surface area contributed by atoms with Gasteiger partial charge in [-0.1, -0.05) is 0 Å². The Morgan fingerprint density at radius 2 is 2.13 bits per heavy atom. The Hall–Kier alpha value is -0.120. The summed E-state index contributed by atoms with van der Waals surface area (Å²) in [6.45, 7) is 6.53. The number of likely N-dealkylation sites (N-methyl/N-ethyl adjacent to an activating group) is 1. The Balaban J connectivity index is 1.89. The van der Waals surface area contributed by atoms with Crippen LogP contribution >= 0.6 is 0 Å². The van der Waals surface area contributed by atoms with Crippen molar-refractivity contribution >= 4 is 0 Å². The highest BCUT2D eigenvalue weighted by molar-refractivity contribution is 4.84. The van der Waals surface area contributed by atoms with Crippen molar-refractivity contribution in [3.8, 4) is 0 Å². The molecule has 0 amide bonds. The maximum Gasteiger partial charge on any atom is 0.0474 e. The van der Waals surface area contributed by atoms with Crippen molar-refractivity contribution in [1.82, 2.24) is 10.2 Å². The van der Waals surface area contributed by atoms with E-state index in [1.165, 1.54) is 12.8 Å². The molecule has 1 aliphatic carbocycles. The molecule has 0 heterocycles. The van der Waals surface area contributed by atoms with E-state index < -0.39 is 0 Å². The van der Waals surface area contributed by atoms with Gasteiger partial charge in [0.25, 0.3) is 0 Å². The zero-order valence-corrected chi connectivity index (χ0v) is 10.5. The van der Waals surface area contributed by atoms with Gasteiger partial charge in [0.1, 0.15) is 0 Å². The van der Waals surface area contributed by atoms with Crippen LogP contribution in [0.15, 0.2) is 0 Å². The highest BCUT2D eigenvalue weighted by Gasteiger charge is 2.29. The van der Waals surface area contributed by atoms with Gasteiger partial charge in [-0.05, 0) is 45.7 Å².